The molecule has 1 aliphatic carbocycles. The van der Waals surface area contributed by atoms with E-state index >= 15 is 0 Å². The molecule has 0 bridgehead atoms. The van der Waals surface area contributed by atoms with Crippen molar-refractivity contribution in [2.75, 3.05) is 0 Å². The van der Waals surface area contributed by atoms with Gasteiger partial charge < -0.3 is 0 Å². The van der Waals surface area contributed by atoms with Crippen molar-refractivity contribution in [1.29, 1.82) is 0 Å². The maximum atomic E-state index is 2.37. The van der Waals surface area contributed by atoms with Crippen LogP contribution in [-0.2, 0) is 0 Å². The summed E-state index contributed by atoms with van der Waals surface area (Å²) in [6.45, 7) is 14.2. The third-order valence-electron chi connectivity index (χ3n) is 3.14. The molecule has 1 fully saturated rings. The minimum Gasteiger partial charge on any atom is -0.0602 e. The molecule has 0 spiro atoms. The van der Waals surface area contributed by atoms with E-state index in [1.807, 2.05) is 0 Å². The van der Waals surface area contributed by atoms with Gasteiger partial charge in [-0.1, -0.05) is 41.5 Å². The van der Waals surface area contributed by atoms with E-state index in [2.05, 4.69) is 41.5 Å². The van der Waals surface area contributed by atoms with E-state index < -0.39 is 0 Å². The van der Waals surface area contributed by atoms with Crippen molar-refractivity contribution < 1.29 is 0 Å². The average Bonchev–Trinajstić information content (AvgIpc) is 1.75. The lowest BCUT2D eigenvalue weighted by Gasteiger charge is -2.41. The molecule has 14 heavy (non-hydrogen) atoms. The Kier molecular flexibility index (Phi) is 3.33. The van der Waals surface area contributed by atoms with Gasteiger partial charge in [0.2, 0.25) is 0 Å². The van der Waals surface area contributed by atoms with Crippen molar-refractivity contribution in [1.82, 2.24) is 0 Å². The molecular formula is C14H28. The third kappa shape index (κ3) is 4.48. The van der Waals surface area contributed by atoms with Gasteiger partial charge in [0.05, 0.1) is 0 Å². The van der Waals surface area contributed by atoms with Crippen molar-refractivity contribution in [3.8, 4) is 0 Å². The standard InChI is InChI=1S/C14H28/c1-13(2,3)9-11-7-12(8-11)10-14(4,5)6/h11-12H,7-10H2,1-6H3. The predicted molar refractivity (Wildman–Crippen MR) is 64.4 cm³/mol. The van der Waals surface area contributed by atoms with Crippen LogP contribution in [-0.4, -0.2) is 0 Å². The average molecular weight is 196 g/mol. The van der Waals surface area contributed by atoms with Gasteiger partial charge in [0.25, 0.3) is 0 Å². The first-order chi connectivity index (χ1) is 6.16. The van der Waals surface area contributed by atoms with Crippen molar-refractivity contribution >= 4 is 0 Å². The van der Waals surface area contributed by atoms with Crippen LogP contribution in [0.3, 0.4) is 0 Å². The van der Waals surface area contributed by atoms with Crippen LogP contribution in [0.2, 0.25) is 0 Å². The van der Waals surface area contributed by atoms with Crippen LogP contribution >= 0.6 is 0 Å². The zero-order valence-electron chi connectivity index (χ0n) is 11.0. The molecule has 0 amide bonds. The zero-order chi connectivity index (χ0) is 11.0. The highest BCUT2D eigenvalue weighted by Crippen LogP contribution is 2.45. The molecule has 0 atom stereocenters. The van der Waals surface area contributed by atoms with Crippen molar-refractivity contribution in [2.24, 2.45) is 22.7 Å². The molecule has 0 N–H and O–H groups in total. The molecule has 0 aromatic carbocycles. The first kappa shape index (κ1) is 12.1. The number of hydrogen-bond donors (Lipinski definition) is 0. The summed E-state index contributed by atoms with van der Waals surface area (Å²) in [5, 5.41) is 0. The first-order valence-corrected chi connectivity index (χ1v) is 6.16. The van der Waals surface area contributed by atoms with Gasteiger partial charge in [-0.3, -0.25) is 0 Å². The van der Waals surface area contributed by atoms with Gasteiger partial charge in [0.1, 0.15) is 0 Å². The second-order valence-electron chi connectivity index (χ2n) is 7.73. The van der Waals surface area contributed by atoms with E-state index in [4.69, 9.17) is 0 Å². The van der Waals surface area contributed by atoms with Crippen LogP contribution < -0.4 is 0 Å². The Morgan fingerprint density at radius 3 is 1.21 bits per heavy atom. The first-order valence-electron chi connectivity index (χ1n) is 6.16. The molecule has 0 saturated heterocycles. The lowest BCUT2D eigenvalue weighted by atomic mass is 9.64. The molecule has 0 nitrogen and oxygen atoms in total. The smallest absolute Gasteiger partial charge is 0.0380 e. The predicted octanol–water partition coefficient (Wildman–Crippen LogP) is 4.89. The van der Waals surface area contributed by atoms with Crippen molar-refractivity contribution in [2.45, 2.75) is 67.2 Å². The summed E-state index contributed by atoms with van der Waals surface area (Å²) >= 11 is 0. The van der Waals surface area contributed by atoms with Gasteiger partial charge >= 0.3 is 0 Å². The van der Waals surface area contributed by atoms with E-state index in [9.17, 15) is 0 Å². The molecule has 0 aliphatic heterocycles. The molecule has 1 rings (SSSR count). The molecule has 0 unspecified atom stereocenters. The zero-order valence-corrected chi connectivity index (χ0v) is 11.0. The normalized spacial score (nSPS) is 28.7. The Morgan fingerprint density at radius 1 is 0.714 bits per heavy atom. The Balaban J connectivity index is 2.18. The summed E-state index contributed by atoms with van der Waals surface area (Å²) < 4.78 is 0. The topological polar surface area (TPSA) is 0 Å². The molecule has 0 heterocycles. The molecule has 0 radical (unpaired) electrons. The van der Waals surface area contributed by atoms with Gasteiger partial charge in [-0.05, 0) is 48.3 Å². The Labute approximate surface area is 90.5 Å². The van der Waals surface area contributed by atoms with Crippen LogP contribution in [0.15, 0.2) is 0 Å². The van der Waals surface area contributed by atoms with Crippen LogP contribution in [0.25, 0.3) is 0 Å². The second kappa shape index (κ2) is 3.87. The molecule has 1 aliphatic rings. The van der Waals surface area contributed by atoms with Crippen LogP contribution in [0.4, 0.5) is 0 Å². The van der Waals surface area contributed by atoms with Crippen molar-refractivity contribution in [3.05, 3.63) is 0 Å². The second-order valence-corrected chi connectivity index (χ2v) is 7.73. The molecule has 84 valence electrons. The summed E-state index contributed by atoms with van der Waals surface area (Å²) in [5.74, 6) is 2.06. The Hall–Kier alpha value is 0. The fourth-order valence-electron chi connectivity index (χ4n) is 2.94. The number of hydrogen-bond acceptors (Lipinski definition) is 0. The summed E-state index contributed by atoms with van der Waals surface area (Å²) in [5.41, 5.74) is 1.08. The molecule has 0 aromatic heterocycles. The van der Waals surface area contributed by atoms with Gasteiger partial charge in [-0.2, -0.15) is 0 Å². The highest BCUT2D eigenvalue weighted by atomic mass is 14.4. The molecule has 0 heteroatoms. The lowest BCUT2D eigenvalue weighted by molar-refractivity contribution is 0.0992. The largest absolute Gasteiger partial charge is 0.0602 e. The maximum Gasteiger partial charge on any atom is -0.0380 e. The summed E-state index contributed by atoms with van der Waals surface area (Å²) in [6, 6.07) is 0. The van der Waals surface area contributed by atoms with Gasteiger partial charge in [-0.25, -0.2) is 0 Å². The van der Waals surface area contributed by atoms with Crippen LogP contribution in [0, 0.1) is 22.7 Å². The summed E-state index contributed by atoms with van der Waals surface area (Å²) in [7, 11) is 0. The maximum absolute atomic E-state index is 2.37. The van der Waals surface area contributed by atoms with E-state index in [1.54, 1.807) is 0 Å². The Bertz CT molecular complexity index is 151. The van der Waals surface area contributed by atoms with Gasteiger partial charge in [-0.15, -0.1) is 0 Å². The van der Waals surface area contributed by atoms with E-state index in [0.717, 1.165) is 11.8 Å². The molecule has 0 aromatic rings. The van der Waals surface area contributed by atoms with E-state index in [1.165, 1.54) is 25.7 Å². The molecule has 1 saturated carbocycles. The van der Waals surface area contributed by atoms with Crippen LogP contribution in [0.1, 0.15) is 67.2 Å². The summed E-state index contributed by atoms with van der Waals surface area (Å²) in [6.07, 6.45) is 5.84. The third-order valence-corrected chi connectivity index (χ3v) is 3.14. The highest BCUT2D eigenvalue weighted by Gasteiger charge is 2.33. The quantitative estimate of drug-likeness (QED) is 0.590. The number of rotatable bonds is 2. The fourth-order valence-corrected chi connectivity index (χ4v) is 2.94. The van der Waals surface area contributed by atoms with Crippen molar-refractivity contribution in [3.63, 3.8) is 0 Å². The summed E-state index contributed by atoms with van der Waals surface area (Å²) in [4.78, 5) is 0. The SMILES string of the molecule is CC(C)(C)CC1CC(CC(C)(C)C)C1. The van der Waals surface area contributed by atoms with E-state index in [0.29, 0.717) is 10.8 Å². The lowest BCUT2D eigenvalue weighted by Crippen LogP contribution is -2.30. The van der Waals surface area contributed by atoms with Gasteiger partial charge in [0, 0.05) is 0 Å². The minimum absolute atomic E-state index is 0.539. The fraction of sp³-hybridized carbons (Fsp3) is 1.00. The Morgan fingerprint density at radius 2 is 1.00 bits per heavy atom. The minimum atomic E-state index is 0.539. The van der Waals surface area contributed by atoms with Crippen LogP contribution in [0.5, 0.6) is 0 Å². The molecular weight excluding hydrogens is 168 g/mol. The van der Waals surface area contributed by atoms with Gasteiger partial charge in [0.15, 0.2) is 0 Å². The highest BCUT2D eigenvalue weighted by molar-refractivity contribution is 4.85. The van der Waals surface area contributed by atoms with E-state index in [-0.39, 0.29) is 0 Å². The monoisotopic (exact) mass is 196 g/mol.